The number of hydrogen-bond donors (Lipinski definition) is 2. The van der Waals surface area contributed by atoms with Gasteiger partial charge in [0.05, 0.1) is 35.9 Å². The smallest absolute Gasteiger partial charge is 0.312 e. The molecule has 2 N–H and O–H groups in total. The molecule has 12 heteroatoms. The molecule has 4 heterocycles. The van der Waals surface area contributed by atoms with E-state index in [1.54, 1.807) is 9.80 Å². The number of nitrogens with zero attached hydrogens (tertiary/aromatic N) is 6. The Labute approximate surface area is 327 Å². The lowest BCUT2D eigenvalue weighted by Gasteiger charge is -2.28. The van der Waals surface area contributed by atoms with Crippen molar-refractivity contribution in [2.75, 3.05) is 13.1 Å². The number of aromatic nitrogens is 4. The molecular weight excluding hydrogens is 705 g/mol. The van der Waals surface area contributed by atoms with Gasteiger partial charge in [-0.25, -0.2) is 9.97 Å². The van der Waals surface area contributed by atoms with Crippen LogP contribution in [0.25, 0.3) is 33.6 Å². The number of nitrogens with one attached hydrogen (secondary N) is 2. The zero-order valence-electron chi connectivity index (χ0n) is 32.2. The quantitative estimate of drug-likeness (QED) is 0.194. The molecule has 6 fully saturated rings. The Morgan fingerprint density at radius 1 is 0.518 bits per heavy atom. The standard InChI is InChI=1S/C44H50N8O4/c1-25-19-21-49(41(53)43(55)51(31-11-12-31)32-13-14-32)37(25)39-45-23-35(47-39)29-7-3-27(4-8-29)28-5-9-30(10-6-28)36-24-46-40(48-36)38-26(2)20-22-50(38)42(54)44(56)52(33-15-16-33)34-17-18-34/h3-10,23-26,31-34,37-38H,11-22H2,1-2H3,(H,45,47)(H,46,48)/t25-,26-,37+,38+/m1/s1. The highest BCUT2D eigenvalue weighted by Gasteiger charge is 2.49. The number of benzene rings is 2. The van der Waals surface area contributed by atoms with Crippen molar-refractivity contribution in [3.05, 3.63) is 72.6 Å². The van der Waals surface area contributed by atoms with Gasteiger partial charge in [0, 0.05) is 37.3 Å². The molecule has 10 rings (SSSR count). The second-order valence-corrected chi connectivity index (χ2v) is 17.3. The van der Waals surface area contributed by atoms with Gasteiger partial charge in [-0.1, -0.05) is 62.4 Å². The predicted molar refractivity (Wildman–Crippen MR) is 209 cm³/mol. The van der Waals surface area contributed by atoms with Crippen LogP contribution >= 0.6 is 0 Å². The van der Waals surface area contributed by atoms with Gasteiger partial charge in [0.25, 0.3) is 0 Å². The van der Waals surface area contributed by atoms with Crippen LogP contribution in [0.2, 0.25) is 0 Å². The SMILES string of the molecule is C[C@@H]1CCN(C(=O)C(=O)N(C2CC2)C2CC2)[C@@H]1c1ncc(-c2ccc(-c3ccc(-c4cnc([C@@H]5[C@H](C)CCN5C(=O)C(=O)N(C5CC5)C5CC5)[nH]4)cc3)cc2)[nH]1. The van der Waals surface area contributed by atoms with Gasteiger partial charge in [-0.3, -0.25) is 19.2 Å². The van der Waals surface area contributed by atoms with E-state index in [4.69, 9.17) is 9.97 Å². The maximum absolute atomic E-state index is 13.6. The third-order valence-electron chi connectivity index (χ3n) is 13.0. The fourth-order valence-corrected chi connectivity index (χ4v) is 9.27. The maximum Gasteiger partial charge on any atom is 0.312 e. The van der Waals surface area contributed by atoms with E-state index in [0.717, 1.165) is 109 Å². The number of amides is 4. The van der Waals surface area contributed by atoms with Crippen molar-refractivity contribution in [1.82, 2.24) is 39.5 Å². The number of likely N-dealkylation sites (tertiary alicyclic amines) is 2. The molecule has 4 saturated carbocycles. The molecule has 0 radical (unpaired) electrons. The second kappa shape index (κ2) is 13.7. The minimum Gasteiger partial charge on any atom is -0.340 e. The summed E-state index contributed by atoms with van der Waals surface area (Å²) in [4.78, 5) is 77.6. The largest absolute Gasteiger partial charge is 0.340 e. The minimum absolute atomic E-state index is 0.190. The van der Waals surface area contributed by atoms with Crippen molar-refractivity contribution >= 4 is 23.6 Å². The Morgan fingerprint density at radius 3 is 1.16 bits per heavy atom. The minimum atomic E-state index is -0.390. The molecule has 2 aliphatic heterocycles. The summed E-state index contributed by atoms with van der Waals surface area (Å²) in [5.74, 6) is 0.370. The van der Waals surface area contributed by atoms with Crippen molar-refractivity contribution in [2.45, 2.75) is 114 Å². The van der Waals surface area contributed by atoms with Crippen molar-refractivity contribution in [2.24, 2.45) is 11.8 Å². The first-order chi connectivity index (χ1) is 27.2. The number of imidazole rings is 2. The topological polar surface area (TPSA) is 139 Å². The highest BCUT2D eigenvalue weighted by Crippen LogP contribution is 2.42. The Bertz CT molecular complexity index is 1980. The van der Waals surface area contributed by atoms with Gasteiger partial charge in [-0.05, 0) is 98.3 Å². The molecule has 12 nitrogen and oxygen atoms in total. The normalized spacial score (nSPS) is 24.8. The van der Waals surface area contributed by atoms with Crippen LogP contribution in [-0.4, -0.2) is 100 Å². The van der Waals surface area contributed by atoms with E-state index in [-0.39, 0.29) is 59.9 Å². The molecule has 0 bridgehead atoms. The number of hydrogen-bond acceptors (Lipinski definition) is 6. The van der Waals surface area contributed by atoms with Gasteiger partial charge in [-0.15, -0.1) is 0 Å². The molecule has 2 aromatic heterocycles. The van der Waals surface area contributed by atoms with Crippen molar-refractivity contribution in [3.8, 4) is 33.6 Å². The van der Waals surface area contributed by atoms with E-state index in [0.29, 0.717) is 13.1 Å². The Kier molecular flexibility index (Phi) is 8.63. The molecule has 2 aromatic carbocycles. The third-order valence-corrected chi connectivity index (χ3v) is 13.0. The van der Waals surface area contributed by atoms with Gasteiger partial charge in [-0.2, -0.15) is 0 Å². The number of carbonyl (C=O) groups excluding carboxylic acids is 4. The van der Waals surface area contributed by atoms with E-state index < -0.39 is 11.8 Å². The van der Waals surface area contributed by atoms with Gasteiger partial charge in [0.2, 0.25) is 0 Å². The van der Waals surface area contributed by atoms with Crippen molar-refractivity contribution < 1.29 is 19.2 Å². The summed E-state index contributed by atoms with van der Waals surface area (Å²) >= 11 is 0. The summed E-state index contributed by atoms with van der Waals surface area (Å²) in [6.07, 6.45) is 13.3. The lowest BCUT2D eigenvalue weighted by Crippen LogP contribution is -2.47. The highest BCUT2D eigenvalue weighted by molar-refractivity contribution is 6.35. The number of rotatable bonds is 9. The second-order valence-electron chi connectivity index (χ2n) is 17.3. The Balaban J connectivity index is 0.803. The molecule has 4 atom stereocenters. The van der Waals surface area contributed by atoms with Gasteiger partial charge in [0.15, 0.2) is 0 Å². The first-order valence-corrected chi connectivity index (χ1v) is 20.8. The Morgan fingerprint density at radius 2 is 0.839 bits per heavy atom. The fraction of sp³-hybridized carbons (Fsp3) is 0.500. The van der Waals surface area contributed by atoms with Crippen molar-refractivity contribution in [1.29, 1.82) is 0 Å². The van der Waals surface area contributed by atoms with Crippen LogP contribution in [0.1, 0.15) is 102 Å². The summed E-state index contributed by atoms with van der Waals surface area (Å²) in [6.45, 7) is 5.38. The lowest BCUT2D eigenvalue weighted by molar-refractivity contribution is -0.153. The van der Waals surface area contributed by atoms with Crippen LogP contribution in [-0.2, 0) is 19.2 Å². The number of aromatic amines is 2. The molecular formula is C44H50N8O4. The zero-order valence-corrected chi connectivity index (χ0v) is 32.2. The summed E-state index contributed by atoms with van der Waals surface area (Å²) < 4.78 is 0. The molecule has 4 amide bonds. The summed E-state index contributed by atoms with van der Waals surface area (Å²) in [5.41, 5.74) is 5.88. The van der Waals surface area contributed by atoms with E-state index in [2.05, 4.69) is 72.3 Å². The maximum atomic E-state index is 13.6. The average Bonchev–Trinajstić information content (AvgIpc) is 4.08. The fourth-order valence-electron chi connectivity index (χ4n) is 9.27. The van der Waals surface area contributed by atoms with Crippen LogP contribution in [0.4, 0.5) is 0 Å². The van der Waals surface area contributed by atoms with E-state index in [1.807, 2.05) is 22.2 Å². The van der Waals surface area contributed by atoms with E-state index >= 15 is 0 Å². The molecule has 0 spiro atoms. The monoisotopic (exact) mass is 754 g/mol. The van der Waals surface area contributed by atoms with Gasteiger partial charge in [0.1, 0.15) is 11.6 Å². The predicted octanol–water partition coefficient (Wildman–Crippen LogP) is 6.26. The van der Waals surface area contributed by atoms with E-state index in [9.17, 15) is 19.2 Å². The summed E-state index contributed by atoms with van der Waals surface area (Å²) in [5, 5.41) is 0. The van der Waals surface area contributed by atoms with Gasteiger partial charge >= 0.3 is 23.6 Å². The van der Waals surface area contributed by atoms with Crippen LogP contribution in [0.5, 0.6) is 0 Å². The van der Waals surface area contributed by atoms with Crippen LogP contribution in [0.15, 0.2) is 60.9 Å². The van der Waals surface area contributed by atoms with Crippen LogP contribution in [0.3, 0.4) is 0 Å². The molecule has 6 aliphatic rings. The first kappa shape index (κ1) is 35.2. The number of H-pyrrole nitrogens is 2. The van der Waals surface area contributed by atoms with E-state index in [1.165, 1.54) is 0 Å². The molecule has 2 saturated heterocycles. The molecule has 4 aromatic rings. The van der Waals surface area contributed by atoms with Crippen LogP contribution in [0, 0.1) is 11.8 Å². The Hall–Kier alpha value is -5.26. The number of carbonyl (C=O) groups is 4. The summed E-state index contributed by atoms with van der Waals surface area (Å²) in [7, 11) is 0. The molecule has 56 heavy (non-hydrogen) atoms. The van der Waals surface area contributed by atoms with Crippen LogP contribution < -0.4 is 0 Å². The average molecular weight is 755 g/mol. The van der Waals surface area contributed by atoms with Crippen molar-refractivity contribution in [3.63, 3.8) is 0 Å². The summed E-state index contributed by atoms with van der Waals surface area (Å²) in [6, 6.07) is 17.1. The van der Waals surface area contributed by atoms with Gasteiger partial charge < -0.3 is 29.6 Å². The molecule has 290 valence electrons. The lowest BCUT2D eigenvalue weighted by atomic mass is 10.0. The zero-order chi connectivity index (χ0) is 38.2. The first-order valence-electron chi connectivity index (χ1n) is 20.8. The third kappa shape index (κ3) is 6.50. The molecule has 0 unspecified atom stereocenters. The highest BCUT2D eigenvalue weighted by atomic mass is 16.2. The molecule has 4 aliphatic carbocycles.